The van der Waals surface area contributed by atoms with Crippen LogP contribution in [0.5, 0.6) is 0 Å². The molecule has 1 aromatic carbocycles. The predicted molar refractivity (Wildman–Crippen MR) is 79.6 cm³/mol. The second-order valence-electron chi connectivity index (χ2n) is 5.48. The van der Waals surface area contributed by atoms with Gasteiger partial charge in [-0.15, -0.1) is 0 Å². The van der Waals surface area contributed by atoms with E-state index >= 15 is 0 Å². The number of carboxylic acids is 1. The summed E-state index contributed by atoms with van der Waals surface area (Å²) in [5.41, 5.74) is 6.96. The van der Waals surface area contributed by atoms with E-state index in [1.807, 2.05) is 0 Å². The zero-order chi connectivity index (χ0) is 14.4. The number of hydrogen-bond acceptors (Lipinski definition) is 3. The normalized spacial score (nSPS) is 12.4. The van der Waals surface area contributed by atoms with Crippen molar-refractivity contribution in [3.8, 4) is 0 Å². The molecule has 0 aliphatic heterocycles. The van der Waals surface area contributed by atoms with Gasteiger partial charge in [-0.1, -0.05) is 26.7 Å². The van der Waals surface area contributed by atoms with Crippen molar-refractivity contribution in [3.05, 3.63) is 23.8 Å². The van der Waals surface area contributed by atoms with Gasteiger partial charge in [-0.2, -0.15) is 0 Å². The number of nitrogens with one attached hydrogen (secondary N) is 1. The number of nitrogen functional groups attached to an aromatic ring is 1. The van der Waals surface area contributed by atoms with Crippen molar-refractivity contribution < 1.29 is 9.90 Å². The van der Waals surface area contributed by atoms with Gasteiger partial charge in [0.25, 0.3) is 0 Å². The monoisotopic (exact) mass is 264 g/mol. The third kappa shape index (κ3) is 5.20. The van der Waals surface area contributed by atoms with Crippen molar-refractivity contribution >= 4 is 17.3 Å². The Morgan fingerprint density at radius 3 is 2.58 bits per heavy atom. The molecule has 4 nitrogen and oxygen atoms in total. The topological polar surface area (TPSA) is 75.3 Å². The van der Waals surface area contributed by atoms with Gasteiger partial charge in [0, 0.05) is 17.4 Å². The zero-order valence-electron chi connectivity index (χ0n) is 11.9. The van der Waals surface area contributed by atoms with E-state index in [1.165, 1.54) is 12.5 Å². The maximum atomic E-state index is 11.2. The fourth-order valence-corrected chi connectivity index (χ4v) is 2.03. The van der Waals surface area contributed by atoms with E-state index in [2.05, 4.69) is 26.1 Å². The summed E-state index contributed by atoms with van der Waals surface area (Å²) in [6.45, 7) is 6.49. The Labute approximate surface area is 115 Å². The highest BCUT2D eigenvalue weighted by Gasteiger charge is 2.12. The molecule has 4 N–H and O–H groups in total. The molecule has 1 unspecified atom stereocenters. The van der Waals surface area contributed by atoms with Crippen LogP contribution in [0.15, 0.2) is 18.2 Å². The summed E-state index contributed by atoms with van der Waals surface area (Å²) >= 11 is 0. The summed E-state index contributed by atoms with van der Waals surface area (Å²) in [5.74, 6) is -0.248. The lowest BCUT2D eigenvalue weighted by atomic mass is 10.0. The molecule has 0 fully saturated rings. The first kappa shape index (κ1) is 15.3. The summed E-state index contributed by atoms with van der Waals surface area (Å²) in [6.07, 6.45) is 3.37. The second-order valence-corrected chi connectivity index (χ2v) is 5.48. The van der Waals surface area contributed by atoms with Crippen LogP contribution in [0.1, 0.15) is 50.4 Å². The number of aromatic carboxylic acids is 1. The standard InChI is InChI=1S/C15H24N2O2/c1-10(2)5-4-6-11(3)17-14-8-7-12(16)9-13(14)15(18)19/h7-11,17H,4-6,16H2,1-3H3,(H,18,19). The largest absolute Gasteiger partial charge is 0.478 e. The quantitative estimate of drug-likeness (QED) is 0.658. The first-order chi connectivity index (χ1) is 8.90. The molecule has 0 saturated heterocycles. The van der Waals surface area contributed by atoms with Crippen molar-refractivity contribution in [2.75, 3.05) is 11.1 Å². The van der Waals surface area contributed by atoms with E-state index in [4.69, 9.17) is 10.8 Å². The van der Waals surface area contributed by atoms with E-state index in [0.29, 0.717) is 17.3 Å². The maximum absolute atomic E-state index is 11.2. The summed E-state index contributed by atoms with van der Waals surface area (Å²) in [5, 5.41) is 12.4. The van der Waals surface area contributed by atoms with Gasteiger partial charge in [0.2, 0.25) is 0 Å². The van der Waals surface area contributed by atoms with E-state index in [0.717, 1.165) is 12.8 Å². The van der Waals surface area contributed by atoms with Gasteiger partial charge in [0.15, 0.2) is 0 Å². The molecule has 0 aliphatic rings. The Morgan fingerprint density at radius 2 is 2.00 bits per heavy atom. The number of carboxylic acid groups (broad SMARTS) is 1. The van der Waals surface area contributed by atoms with E-state index < -0.39 is 5.97 Å². The molecule has 19 heavy (non-hydrogen) atoms. The van der Waals surface area contributed by atoms with Crippen LogP contribution < -0.4 is 11.1 Å². The SMILES string of the molecule is CC(C)CCCC(C)Nc1ccc(N)cc1C(=O)O. The molecule has 106 valence electrons. The maximum Gasteiger partial charge on any atom is 0.337 e. The Kier molecular flexibility index (Phi) is 5.67. The van der Waals surface area contributed by atoms with Crippen LogP contribution in [0.4, 0.5) is 11.4 Å². The minimum Gasteiger partial charge on any atom is -0.478 e. The Hall–Kier alpha value is -1.71. The van der Waals surface area contributed by atoms with E-state index in [1.54, 1.807) is 12.1 Å². The van der Waals surface area contributed by atoms with Gasteiger partial charge in [-0.3, -0.25) is 0 Å². The average molecular weight is 264 g/mol. The van der Waals surface area contributed by atoms with Crippen molar-refractivity contribution in [1.29, 1.82) is 0 Å². The van der Waals surface area contributed by atoms with Crippen molar-refractivity contribution in [2.24, 2.45) is 5.92 Å². The first-order valence-corrected chi connectivity index (χ1v) is 6.79. The third-order valence-corrected chi connectivity index (χ3v) is 3.09. The van der Waals surface area contributed by atoms with Gasteiger partial charge in [0.1, 0.15) is 0 Å². The molecule has 0 aliphatic carbocycles. The molecule has 0 heterocycles. The molecular formula is C15H24N2O2. The Morgan fingerprint density at radius 1 is 1.32 bits per heavy atom. The number of nitrogens with two attached hydrogens (primary N) is 1. The van der Waals surface area contributed by atoms with Gasteiger partial charge in [-0.05, 0) is 37.5 Å². The van der Waals surface area contributed by atoms with Crippen LogP contribution >= 0.6 is 0 Å². The highest BCUT2D eigenvalue weighted by atomic mass is 16.4. The summed E-state index contributed by atoms with van der Waals surface area (Å²) < 4.78 is 0. The molecule has 0 amide bonds. The van der Waals surface area contributed by atoms with Crippen LogP contribution in [0.3, 0.4) is 0 Å². The first-order valence-electron chi connectivity index (χ1n) is 6.79. The molecule has 0 bridgehead atoms. The molecule has 0 radical (unpaired) electrons. The van der Waals surface area contributed by atoms with Crippen molar-refractivity contribution in [1.82, 2.24) is 0 Å². The molecule has 1 rings (SSSR count). The molecule has 4 heteroatoms. The number of carbonyl (C=O) groups is 1. The molecule has 1 aromatic rings. The molecule has 0 aromatic heterocycles. The highest BCUT2D eigenvalue weighted by Crippen LogP contribution is 2.21. The number of anilines is 2. The summed E-state index contributed by atoms with van der Waals surface area (Å²) in [7, 11) is 0. The van der Waals surface area contributed by atoms with Gasteiger partial charge >= 0.3 is 5.97 Å². The number of rotatable bonds is 7. The van der Waals surface area contributed by atoms with Gasteiger partial charge in [0.05, 0.1) is 5.56 Å². The lowest BCUT2D eigenvalue weighted by molar-refractivity contribution is 0.0698. The zero-order valence-corrected chi connectivity index (χ0v) is 11.9. The molecule has 0 saturated carbocycles. The third-order valence-electron chi connectivity index (χ3n) is 3.09. The minimum atomic E-state index is -0.954. The smallest absolute Gasteiger partial charge is 0.337 e. The number of hydrogen-bond donors (Lipinski definition) is 3. The lowest BCUT2D eigenvalue weighted by Crippen LogP contribution is -2.17. The van der Waals surface area contributed by atoms with Crippen LogP contribution in [0, 0.1) is 5.92 Å². The lowest BCUT2D eigenvalue weighted by Gasteiger charge is -2.17. The molecule has 1 atom stereocenters. The van der Waals surface area contributed by atoms with Gasteiger partial charge in [-0.25, -0.2) is 4.79 Å². The van der Waals surface area contributed by atoms with Crippen LogP contribution in [0.25, 0.3) is 0 Å². The predicted octanol–water partition coefficient (Wildman–Crippen LogP) is 3.59. The Bertz CT molecular complexity index is 430. The van der Waals surface area contributed by atoms with Crippen LogP contribution in [-0.2, 0) is 0 Å². The van der Waals surface area contributed by atoms with Crippen LogP contribution in [-0.4, -0.2) is 17.1 Å². The minimum absolute atomic E-state index is 0.232. The van der Waals surface area contributed by atoms with E-state index in [-0.39, 0.29) is 11.6 Å². The van der Waals surface area contributed by atoms with Crippen molar-refractivity contribution in [2.45, 2.75) is 46.1 Å². The highest BCUT2D eigenvalue weighted by molar-refractivity contribution is 5.95. The number of benzene rings is 1. The Balaban J connectivity index is 2.63. The van der Waals surface area contributed by atoms with Crippen molar-refractivity contribution in [3.63, 3.8) is 0 Å². The second kappa shape index (κ2) is 7.02. The summed E-state index contributed by atoms with van der Waals surface area (Å²) in [6, 6.07) is 5.19. The average Bonchev–Trinajstić information content (AvgIpc) is 2.30. The summed E-state index contributed by atoms with van der Waals surface area (Å²) in [4.78, 5) is 11.2. The fraction of sp³-hybridized carbons (Fsp3) is 0.533. The molecule has 0 spiro atoms. The van der Waals surface area contributed by atoms with Gasteiger partial charge < -0.3 is 16.2 Å². The van der Waals surface area contributed by atoms with Crippen LogP contribution in [0.2, 0.25) is 0 Å². The van der Waals surface area contributed by atoms with E-state index in [9.17, 15) is 4.79 Å². The fourth-order valence-electron chi connectivity index (χ4n) is 2.03. The molecular weight excluding hydrogens is 240 g/mol.